The maximum atomic E-state index is 15.6. The van der Waals surface area contributed by atoms with E-state index in [0.29, 0.717) is 0 Å². The van der Waals surface area contributed by atoms with Crippen molar-refractivity contribution in [1.82, 2.24) is 10.3 Å². The van der Waals surface area contributed by atoms with Gasteiger partial charge in [-0.15, -0.1) is 4.83 Å². The van der Waals surface area contributed by atoms with Crippen molar-refractivity contribution in [2.45, 2.75) is 44.0 Å². The highest BCUT2D eigenvalue weighted by molar-refractivity contribution is 7.89. The Labute approximate surface area is 255 Å². The van der Waals surface area contributed by atoms with Crippen LogP contribution in [0.25, 0.3) is 0 Å². The summed E-state index contributed by atoms with van der Waals surface area (Å²) < 4.78 is 95.3. The summed E-state index contributed by atoms with van der Waals surface area (Å²) in [6.45, 7) is 5.13. The van der Waals surface area contributed by atoms with Crippen molar-refractivity contribution in [3.05, 3.63) is 77.6 Å². The molecule has 0 saturated carbocycles. The predicted molar refractivity (Wildman–Crippen MR) is 154 cm³/mol. The second-order valence-corrected chi connectivity index (χ2v) is 11.1. The number of carbonyl (C=O) groups excluding carboxylic acids is 2. The second-order valence-electron chi connectivity index (χ2n) is 9.42. The fourth-order valence-electron chi connectivity index (χ4n) is 3.76. The molecule has 45 heavy (non-hydrogen) atoms. The van der Waals surface area contributed by atoms with E-state index in [4.69, 9.17) is 20.6 Å². The van der Waals surface area contributed by atoms with Crippen LogP contribution in [0.2, 0.25) is 0 Å². The Balaban J connectivity index is 2.08. The van der Waals surface area contributed by atoms with Gasteiger partial charge in [0, 0.05) is 23.4 Å². The molecule has 0 aliphatic carbocycles. The molecule has 0 spiro atoms. The number of amidine groups is 1. The normalized spacial score (nSPS) is 12.3. The van der Waals surface area contributed by atoms with Crippen LogP contribution >= 0.6 is 0 Å². The second kappa shape index (κ2) is 14.3. The number of hydrazine groups is 1. The zero-order chi connectivity index (χ0) is 33.5. The molecule has 6 N–H and O–H groups in total. The third-order valence-electron chi connectivity index (χ3n) is 5.68. The number of nitrogen functional groups attached to an aromatic ring is 1. The van der Waals surface area contributed by atoms with Crippen molar-refractivity contribution in [2.75, 3.05) is 11.9 Å². The summed E-state index contributed by atoms with van der Waals surface area (Å²) >= 11 is 0. The van der Waals surface area contributed by atoms with Gasteiger partial charge in [0.25, 0.3) is 15.9 Å². The Kier molecular flexibility index (Phi) is 11.0. The smallest absolute Gasteiger partial charge is 0.490 e. The summed E-state index contributed by atoms with van der Waals surface area (Å²) in [5.74, 6) is -6.29. The average Bonchev–Trinajstić information content (AvgIpc) is 2.96. The van der Waals surface area contributed by atoms with Gasteiger partial charge in [-0.3, -0.25) is 15.6 Å². The summed E-state index contributed by atoms with van der Waals surface area (Å²) in [6.07, 6.45) is -5.79. The molecule has 3 aromatic rings. The van der Waals surface area contributed by atoms with Crippen LogP contribution in [0.3, 0.4) is 0 Å². The maximum absolute atomic E-state index is 15.6. The van der Waals surface area contributed by atoms with E-state index in [0.717, 1.165) is 30.3 Å². The van der Waals surface area contributed by atoms with Gasteiger partial charge in [0.1, 0.15) is 23.4 Å². The molecule has 17 heteroatoms. The standard InChI is InChI=1S/C28H29F4N5O7S/c1-4-42-22-13-19(20(29)14-23(22)43-15(2)3)24(26(38)36-37-45(40,41)17-8-6-5-7-9-17)35-16-10-11-18(25(33)34)21(12-16)44-27(39)28(30,31)32/h5-15,24,35,37H,4H2,1-3H3,(H3,33,34)(H,36,38). The number of nitrogens with two attached hydrogens (primary N) is 1. The van der Waals surface area contributed by atoms with Crippen molar-refractivity contribution in [3.8, 4) is 17.2 Å². The third-order valence-corrected chi connectivity index (χ3v) is 6.94. The van der Waals surface area contributed by atoms with E-state index >= 15 is 4.39 Å². The molecule has 0 radical (unpaired) electrons. The summed E-state index contributed by atoms with van der Waals surface area (Å²) in [7, 11) is -4.29. The van der Waals surface area contributed by atoms with Gasteiger partial charge in [0.15, 0.2) is 11.5 Å². The summed E-state index contributed by atoms with van der Waals surface area (Å²) in [5.41, 5.74) is 6.41. The minimum absolute atomic E-state index is 0.00389. The molecule has 0 heterocycles. The van der Waals surface area contributed by atoms with E-state index in [1.165, 1.54) is 24.3 Å². The number of esters is 1. The monoisotopic (exact) mass is 655 g/mol. The van der Waals surface area contributed by atoms with Gasteiger partial charge in [0.05, 0.1) is 23.2 Å². The molecule has 3 aromatic carbocycles. The lowest BCUT2D eigenvalue weighted by molar-refractivity contribution is -0.189. The number of alkyl halides is 3. The number of nitrogens with one attached hydrogen (secondary N) is 4. The number of hydrogen-bond acceptors (Lipinski definition) is 9. The number of carbonyl (C=O) groups is 2. The highest BCUT2D eigenvalue weighted by atomic mass is 32.2. The quantitative estimate of drug-likeness (QED) is 0.0455. The molecule has 242 valence electrons. The number of ether oxygens (including phenoxy) is 3. The Morgan fingerprint density at radius 3 is 2.24 bits per heavy atom. The number of halogens is 4. The number of benzene rings is 3. The van der Waals surface area contributed by atoms with Crippen LogP contribution in [-0.2, 0) is 19.6 Å². The lowest BCUT2D eigenvalue weighted by atomic mass is 10.0. The van der Waals surface area contributed by atoms with Crippen molar-refractivity contribution >= 4 is 33.4 Å². The summed E-state index contributed by atoms with van der Waals surface area (Å²) in [6, 6.07) is 10.3. The van der Waals surface area contributed by atoms with Gasteiger partial charge in [-0.1, -0.05) is 18.2 Å². The van der Waals surface area contributed by atoms with Crippen LogP contribution < -0.4 is 35.5 Å². The molecule has 0 saturated heterocycles. The van der Waals surface area contributed by atoms with Crippen LogP contribution in [0.15, 0.2) is 65.6 Å². The zero-order valence-corrected chi connectivity index (χ0v) is 24.8. The first kappa shape index (κ1) is 34.6. The number of amides is 1. The minimum atomic E-state index is -5.39. The van der Waals surface area contributed by atoms with Crippen LogP contribution in [0.5, 0.6) is 17.2 Å². The van der Waals surface area contributed by atoms with E-state index < -0.39 is 68.8 Å². The first-order valence-electron chi connectivity index (χ1n) is 13.1. The van der Waals surface area contributed by atoms with Crippen LogP contribution in [0.1, 0.15) is 37.9 Å². The Hall–Kier alpha value is -4.90. The average molecular weight is 656 g/mol. The molecule has 0 aromatic heterocycles. The number of sulfonamides is 1. The molecule has 1 unspecified atom stereocenters. The van der Waals surface area contributed by atoms with Crippen molar-refractivity contribution < 1.29 is 49.8 Å². The van der Waals surface area contributed by atoms with Gasteiger partial charge in [-0.2, -0.15) is 13.2 Å². The molecular weight excluding hydrogens is 626 g/mol. The van der Waals surface area contributed by atoms with Crippen LogP contribution in [0, 0.1) is 11.2 Å². The van der Waals surface area contributed by atoms with Gasteiger partial charge in [-0.25, -0.2) is 17.6 Å². The first-order valence-corrected chi connectivity index (χ1v) is 14.5. The molecule has 3 rings (SSSR count). The van der Waals surface area contributed by atoms with Gasteiger partial charge >= 0.3 is 12.1 Å². The number of hydrogen-bond donors (Lipinski definition) is 5. The van der Waals surface area contributed by atoms with E-state index in [9.17, 15) is 31.2 Å². The molecule has 0 bridgehead atoms. The fraction of sp³-hybridized carbons (Fsp3) is 0.250. The summed E-state index contributed by atoms with van der Waals surface area (Å²) in [5, 5.41) is 10.2. The topological polar surface area (TPSA) is 182 Å². The molecule has 1 atom stereocenters. The highest BCUT2D eigenvalue weighted by Gasteiger charge is 2.42. The van der Waals surface area contributed by atoms with Gasteiger partial charge < -0.3 is 25.3 Å². The molecule has 12 nitrogen and oxygen atoms in total. The first-order chi connectivity index (χ1) is 21.0. The SMILES string of the molecule is CCOc1cc(C(Nc2ccc(C(=N)N)c(OC(=O)C(F)(F)F)c2)C(=O)NNS(=O)(=O)c2ccccc2)c(F)cc1OC(C)C. The Bertz CT molecular complexity index is 1670. The minimum Gasteiger partial charge on any atom is -0.490 e. The van der Waals surface area contributed by atoms with E-state index in [1.807, 2.05) is 10.3 Å². The number of rotatable bonds is 13. The Morgan fingerprint density at radius 1 is 1.00 bits per heavy atom. The fourth-order valence-corrected chi connectivity index (χ4v) is 4.63. The molecule has 0 fully saturated rings. The lowest BCUT2D eigenvalue weighted by Crippen LogP contribution is -2.45. The number of anilines is 1. The maximum Gasteiger partial charge on any atom is 0.491 e. The van der Waals surface area contributed by atoms with Crippen molar-refractivity contribution in [1.29, 1.82) is 5.41 Å². The van der Waals surface area contributed by atoms with E-state index in [-0.39, 0.29) is 28.7 Å². The predicted octanol–water partition coefficient (Wildman–Crippen LogP) is 3.93. The van der Waals surface area contributed by atoms with E-state index in [1.54, 1.807) is 26.8 Å². The molecular formula is C28H29F4N5O7S. The van der Waals surface area contributed by atoms with Crippen molar-refractivity contribution in [2.24, 2.45) is 5.73 Å². The molecule has 1 amide bonds. The zero-order valence-electron chi connectivity index (χ0n) is 24.0. The lowest BCUT2D eigenvalue weighted by Gasteiger charge is -2.23. The molecule has 0 aliphatic heterocycles. The third kappa shape index (κ3) is 9.05. The Morgan fingerprint density at radius 2 is 1.67 bits per heavy atom. The van der Waals surface area contributed by atoms with Gasteiger partial charge in [0.2, 0.25) is 0 Å². The summed E-state index contributed by atoms with van der Waals surface area (Å²) in [4.78, 5) is 26.7. The van der Waals surface area contributed by atoms with Crippen LogP contribution in [0.4, 0.5) is 23.2 Å². The van der Waals surface area contributed by atoms with Crippen molar-refractivity contribution in [3.63, 3.8) is 0 Å². The van der Waals surface area contributed by atoms with E-state index in [2.05, 4.69) is 10.1 Å². The largest absolute Gasteiger partial charge is 0.491 e. The van der Waals surface area contributed by atoms with Crippen LogP contribution in [-0.4, -0.2) is 45.0 Å². The molecule has 0 aliphatic rings. The highest BCUT2D eigenvalue weighted by Crippen LogP contribution is 2.36. The van der Waals surface area contributed by atoms with Gasteiger partial charge in [-0.05, 0) is 51.1 Å².